The summed E-state index contributed by atoms with van der Waals surface area (Å²) in [6.07, 6.45) is 35.8. The Morgan fingerprint density at radius 2 is 1.03 bits per heavy atom. The van der Waals surface area contributed by atoms with E-state index in [1.165, 1.54) is 109 Å². The fourth-order valence-corrected chi connectivity index (χ4v) is 4.01. The lowest BCUT2D eigenvalue weighted by atomic mass is 10.0. The molecule has 0 aromatic rings. The normalized spacial score (nSPS) is 13.0. The van der Waals surface area contributed by atoms with E-state index in [2.05, 4.69) is 38.2 Å². The molecular formula is C30H58O2. The Hall–Kier alpha value is -0.600. The molecule has 0 aliphatic rings. The third-order valence-electron chi connectivity index (χ3n) is 6.19. The number of hydrogen-bond donors (Lipinski definition) is 1. The lowest BCUT2D eigenvalue weighted by molar-refractivity contribution is 0.0297. The highest BCUT2D eigenvalue weighted by atomic mass is 16.5. The van der Waals surface area contributed by atoms with Crippen molar-refractivity contribution in [1.82, 2.24) is 0 Å². The third-order valence-corrected chi connectivity index (χ3v) is 6.19. The van der Waals surface area contributed by atoms with Crippen molar-refractivity contribution in [3.63, 3.8) is 0 Å². The number of aliphatic hydroxyl groups excluding tert-OH is 1. The van der Waals surface area contributed by atoms with Crippen LogP contribution in [0.1, 0.15) is 149 Å². The largest absolute Gasteiger partial charge is 0.391 e. The zero-order valence-electron chi connectivity index (χ0n) is 22.0. The van der Waals surface area contributed by atoms with Crippen LogP contribution in [-0.4, -0.2) is 24.4 Å². The molecule has 0 bridgehead atoms. The van der Waals surface area contributed by atoms with Gasteiger partial charge in [0.15, 0.2) is 0 Å². The molecule has 2 heteroatoms. The van der Waals surface area contributed by atoms with Crippen molar-refractivity contribution >= 4 is 0 Å². The molecule has 1 N–H and O–H groups in total. The molecule has 0 aromatic heterocycles. The molecule has 0 saturated carbocycles. The summed E-state index contributed by atoms with van der Waals surface area (Å²) < 4.78 is 5.63. The molecule has 0 rings (SSSR count). The number of hydrogen-bond acceptors (Lipinski definition) is 2. The second-order valence-corrected chi connectivity index (χ2v) is 9.58. The van der Waals surface area contributed by atoms with Crippen molar-refractivity contribution in [2.45, 2.75) is 155 Å². The fraction of sp³-hybridized carbons (Fsp3) is 0.867. The van der Waals surface area contributed by atoms with Crippen molar-refractivity contribution in [1.29, 1.82) is 0 Å². The van der Waals surface area contributed by atoms with E-state index in [0.29, 0.717) is 6.61 Å². The molecule has 190 valence electrons. The maximum Gasteiger partial charge on any atom is 0.0773 e. The molecule has 0 saturated heterocycles. The molecule has 0 unspecified atom stereocenters. The summed E-state index contributed by atoms with van der Waals surface area (Å²) in [5.41, 5.74) is 0. The zero-order chi connectivity index (χ0) is 23.4. The summed E-state index contributed by atoms with van der Waals surface area (Å²) in [6.45, 7) is 5.85. The molecular weight excluding hydrogens is 392 g/mol. The first-order valence-corrected chi connectivity index (χ1v) is 14.4. The minimum Gasteiger partial charge on any atom is -0.391 e. The van der Waals surface area contributed by atoms with E-state index in [1.54, 1.807) is 0 Å². The first-order valence-electron chi connectivity index (χ1n) is 14.4. The Morgan fingerprint density at radius 3 is 1.66 bits per heavy atom. The summed E-state index contributed by atoms with van der Waals surface area (Å²) in [5, 5.41) is 10.0. The van der Waals surface area contributed by atoms with E-state index in [4.69, 9.17) is 4.74 Å². The lowest BCUT2D eigenvalue weighted by Gasteiger charge is -2.11. The second kappa shape index (κ2) is 28.4. The number of unbranched alkanes of at least 4 members (excludes halogenated alkanes) is 16. The van der Waals surface area contributed by atoms with Crippen LogP contribution in [0.4, 0.5) is 0 Å². The van der Waals surface area contributed by atoms with Crippen LogP contribution >= 0.6 is 0 Å². The molecule has 0 radical (unpaired) electrons. The van der Waals surface area contributed by atoms with Crippen LogP contribution < -0.4 is 0 Å². The Labute approximate surface area is 202 Å². The van der Waals surface area contributed by atoms with E-state index >= 15 is 0 Å². The molecule has 1 atom stereocenters. The van der Waals surface area contributed by atoms with Gasteiger partial charge >= 0.3 is 0 Å². The van der Waals surface area contributed by atoms with Gasteiger partial charge in [-0.3, -0.25) is 0 Å². The van der Waals surface area contributed by atoms with Gasteiger partial charge in [0, 0.05) is 6.61 Å². The number of rotatable bonds is 26. The van der Waals surface area contributed by atoms with E-state index in [0.717, 1.165) is 32.3 Å². The molecule has 32 heavy (non-hydrogen) atoms. The highest BCUT2D eigenvalue weighted by Gasteiger charge is 2.04. The topological polar surface area (TPSA) is 29.5 Å². The van der Waals surface area contributed by atoms with Gasteiger partial charge in [-0.1, -0.05) is 128 Å². The van der Waals surface area contributed by atoms with Crippen molar-refractivity contribution in [3.05, 3.63) is 24.3 Å². The van der Waals surface area contributed by atoms with Crippen LogP contribution in [0.3, 0.4) is 0 Å². The summed E-state index contributed by atoms with van der Waals surface area (Å²) in [7, 11) is 0. The summed E-state index contributed by atoms with van der Waals surface area (Å²) in [5.74, 6) is 0. The smallest absolute Gasteiger partial charge is 0.0773 e. The summed E-state index contributed by atoms with van der Waals surface area (Å²) in [6, 6.07) is 0. The van der Waals surface area contributed by atoms with Crippen molar-refractivity contribution in [2.75, 3.05) is 13.2 Å². The predicted molar refractivity (Wildman–Crippen MR) is 143 cm³/mol. The molecule has 0 heterocycles. The van der Waals surface area contributed by atoms with Crippen molar-refractivity contribution in [2.24, 2.45) is 0 Å². The Bertz CT molecular complexity index is 388. The van der Waals surface area contributed by atoms with Gasteiger partial charge in [0.1, 0.15) is 0 Å². The van der Waals surface area contributed by atoms with Crippen LogP contribution in [0, 0.1) is 0 Å². The first-order chi connectivity index (χ1) is 15.8. The number of allylic oxidation sites excluding steroid dienone is 4. The molecule has 0 spiro atoms. The quantitative estimate of drug-likeness (QED) is 0.105. The van der Waals surface area contributed by atoms with Gasteiger partial charge in [-0.15, -0.1) is 0 Å². The van der Waals surface area contributed by atoms with E-state index in [-0.39, 0.29) is 6.10 Å². The summed E-state index contributed by atoms with van der Waals surface area (Å²) in [4.78, 5) is 0. The van der Waals surface area contributed by atoms with Gasteiger partial charge in [-0.05, 0) is 44.9 Å². The standard InChI is InChI=1S/C30H58O2/c1-3-5-7-9-11-12-13-14-15-16-17-18-19-20-21-22-23-25-27-30(31)29-32-28-26-24-10-8-6-4-2/h11-12,14-15,30-31H,3-10,13,16-29H2,1-2H3/t30-/m1/s1. The monoisotopic (exact) mass is 450 g/mol. The van der Waals surface area contributed by atoms with Gasteiger partial charge < -0.3 is 9.84 Å². The number of aliphatic hydroxyl groups is 1. The fourth-order valence-electron chi connectivity index (χ4n) is 4.01. The van der Waals surface area contributed by atoms with Crippen molar-refractivity contribution < 1.29 is 9.84 Å². The highest BCUT2D eigenvalue weighted by Crippen LogP contribution is 2.12. The maximum atomic E-state index is 10.0. The molecule has 2 nitrogen and oxygen atoms in total. The molecule has 0 aromatic carbocycles. The molecule has 0 fully saturated rings. The Morgan fingerprint density at radius 1 is 0.562 bits per heavy atom. The highest BCUT2D eigenvalue weighted by molar-refractivity contribution is 4.92. The molecule has 0 amide bonds. The average molecular weight is 451 g/mol. The van der Waals surface area contributed by atoms with Crippen molar-refractivity contribution in [3.8, 4) is 0 Å². The first kappa shape index (κ1) is 31.4. The number of ether oxygens (including phenoxy) is 1. The Balaban J connectivity index is 3.21. The molecule has 0 aliphatic carbocycles. The third kappa shape index (κ3) is 27.4. The van der Waals surface area contributed by atoms with Gasteiger partial charge in [0.05, 0.1) is 12.7 Å². The summed E-state index contributed by atoms with van der Waals surface area (Å²) >= 11 is 0. The van der Waals surface area contributed by atoms with E-state index < -0.39 is 0 Å². The minimum absolute atomic E-state index is 0.264. The maximum absolute atomic E-state index is 10.0. The van der Waals surface area contributed by atoms with E-state index in [1.807, 2.05) is 0 Å². The van der Waals surface area contributed by atoms with Crippen LogP contribution in [0.25, 0.3) is 0 Å². The SMILES string of the molecule is CCCCCC=CCC=CCCCCCCCCCC[C@@H](O)COCCCCCCCC. The predicted octanol–water partition coefficient (Wildman–Crippen LogP) is 9.71. The lowest BCUT2D eigenvalue weighted by Crippen LogP contribution is -2.15. The van der Waals surface area contributed by atoms with Gasteiger partial charge in [0.2, 0.25) is 0 Å². The average Bonchev–Trinajstić information content (AvgIpc) is 2.80. The van der Waals surface area contributed by atoms with Gasteiger partial charge in [-0.25, -0.2) is 0 Å². The van der Waals surface area contributed by atoms with Crippen LogP contribution in [0.5, 0.6) is 0 Å². The van der Waals surface area contributed by atoms with Gasteiger partial charge in [0.25, 0.3) is 0 Å². The van der Waals surface area contributed by atoms with Crippen LogP contribution in [-0.2, 0) is 4.74 Å². The minimum atomic E-state index is -0.264. The second-order valence-electron chi connectivity index (χ2n) is 9.58. The van der Waals surface area contributed by atoms with Crippen LogP contribution in [0.15, 0.2) is 24.3 Å². The van der Waals surface area contributed by atoms with Crippen LogP contribution in [0.2, 0.25) is 0 Å². The van der Waals surface area contributed by atoms with Gasteiger partial charge in [-0.2, -0.15) is 0 Å². The zero-order valence-corrected chi connectivity index (χ0v) is 22.0. The van der Waals surface area contributed by atoms with E-state index in [9.17, 15) is 5.11 Å². The Kier molecular flexibility index (Phi) is 27.9. The molecule has 0 aliphatic heterocycles.